The van der Waals surface area contributed by atoms with Crippen molar-refractivity contribution in [1.82, 2.24) is 0 Å². The zero-order valence-electron chi connectivity index (χ0n) is 12.1. The Bertz CT molecular complexity index is 776. The van der Waals surface area contributed by atoms with E-state index in [4.69, 9.17) is 9.84 Å². The maximum Gasteiger partial charge on any atom is 0.255 e. The van der Waals surface area contributed by atoms with Crippen molar-refractivity contribution in [2.75, 3.05) is 17.9 Å². The number of aliphatic hydroxyl groups excluding tert-OH is 1. The number of benzene rings is 2. The standard InChI is InChI=1S/C16H16FNO4S/c17-14-6-7-15(16(12-14)22-10-9-19)18-23(20,21)11-8-13-4-2-1-3-5-13/h1-8,11-12,18-19H,9-10H2. The van der Waals surface area contributed by atoms with E-state index in [1.54, 1.807) is 24.3 Å². The zero-order chi connectivity index (χ0) is 16.7. The minimum absolute atomic E-state index is 0.00994. The summed E-state index contributed by atoms with van der Waals surface area (Å²) in [6.45, 7) is -0.339. The van der Waals surface area contributed by atoms with Gasteiger partial charge in [-0.2, -0.15) is 0 Å². The van der Waals surface area contributed by atoms with E-state index >= 15 is 0 Å². The van der Waals surface area contributed by atoms with Crippen LogP contribution >= 0.6 is 0 Å². The summed E-state index contributed by atoms with van der Waals surface area (Å²) < 4.78 is 44.9. The molecule has 0 aliphatic heterocycles. The summed E-state index contributed by atoms with van der Waals surface area (Å²) in [5.41, 5.74) is 0.825. The van der Waals surface area contributed by atoms with Crippen LogP contribution in [0.3, 0.4) is 0 Å². The molecule has 2 rings (SSSR count). The van der Waals surface area contributed by atoms with Gasteiger partial charge in [-0.15, -0.1) is 0 Å². The molecule has 7 heteroatoms. The van der Waals surface area contributed by atoms with Crippen LogP contribution in [0.15, 0.2) is 53.9 Å². The largest absolute Gasteiger partial charge is 0.489 e. The third-order valence-corrected chi connectivity index (χ3v) is 3.78. The molecule has 0 radical (unpaired) electrons. The average molecular weight is 337 g/mol. The van der Waals surface area contributed by atoms with Crippen LogP contribution in [0, 0.1) is 5.82 Å². The van der Waals surface area contributed by atoms with Crippen molar-refractivity contribution in [1.29, 1.82) is 0 Å². The molecule has 0 spiro atoms. The second-order valence-corrected chi connectivity index (χ2v) is 6.14. The van der Waals surface area contributed by atoms with Gasteiger partial charge < -0.3 is 9.84 Å². The number of hydrogen-bond acceptors (Lipinski definition) is 4. The molecule has 23 heavy (non-hydrogen) atoms. The molecule has 0 aliphatic carbocycles. The normalized spacial score (nSPS) is 11.6. The lowest BCUT2D eigenvalue weighted by molar-refractivity contribution is 0.201. The predicted octanol–water partition coefficient (Wildman–Crippen LogP) is 2.61. The second kappa shape index (κ2) is 7.75. The Morgan fingerprint density at radius 1 is 1.17 bits per heavy atom. The number of ether oxygens (including phenoxy) is 1. The van der Waals surface area contributed by atoms with Crippen LogP contribution in [-0.2, 0) is 10.0 Å². The Kier molecular flexibility index (Phi) is 5.72. The minimum atomic E-state index is -3.79. The third kappa shape index (κ3) is 5.39. The Hall–Kier alpha value is -2.38. The quantitative estimate of drug-likeness (QED) is 0.814. The lowest BCUT2D eigenvalue weighted by Crippen LogP contribution is -2.11. The number of aliphatic hydroxyl groups is 1. The van der Waals surface area contributed by atoms with E-state index in [0.717, 1.165) is 23.1 Å². The molecule has 0 unspecified atom stereocenters. The first-order chi connectivity index (χ1) is 11.0. The maximum atomic E-state index is 13.2. The van der Waals surface area contributed by atoms with Crippen molar-refractivity contribution < 1.29 is 22.7 Å². The van der Waals surface area contributed by atoms with Gasteiger partial charge in [-0.25, -0.2) is 12.8 Å². The zero-order valence-corrected chi connectivity index (χ0v) is 13.0. The first-order valence-electron chi connectivity index (χ1n) is 6.79. The molecule has 0 amide bonds. The van der Waals surface area contributed by atoms with Crippen LogP contribution in [0.1, 0.15) is 5.56 Å². The Labute approximate surface area is 134 Å². The van der Waals surface area contributed by atoms with E-state index in [9.17, 15) is 12.8 Å². The van der Waals surface area contributed by atoms with E-state index in [1.165, 1.54) is 12.1 Å². The topological polar surface area (TPSA) is 75.6 Å². The molecule has 122 valence electrons. The molecule has 2 aromatic rings. The Morgan fingerprint density at radius 3 is 2.61 bits per heavy atom. The van der Waals surface area contributed by atoms with E-state index in [1.807, 2.05) is 6.07 Å². The maximum absolute atomic E-state index is 13.2. The van der Waals surface area contributed by atoms with Gasteiger partial charge in [0, 0.05) is 6.07 Å². The number of anilines is 1. The highest BCUT2D eigenvalue weighted by molar-refractivity contribution is 7.95. The number of rotatable bonds is 7. The van der Waals surface area contributed by atoms with Gasteiger partial charge in [-0.1, -0.05) is 30.3 Å². The molecule has 0 bridgehead atoms. The van der Waals surface area contributed by atoms with Gasteiger partial charge in [0.25, 0.3) is 10.0 Å². The van der Waals surface area contributed by atoms with Gasteiger partial charge >= 0.3 is 0 Å². The highest BCUT2D eigenvalue weighted by Crippen LogP contribution is 2.26. The van der Waals surface area contributed by atoms with Gasteiger partial charge in [0.1, 0.15) is 18.2 Å². The van der Waals surface area contributed by atoms with E-state index in [2.05, 4.69) is 4.72 Å². The van der Waals surface area contributed by atoms with Crippen LogP contribution in [0.2, 0.25) is 0 Å². The second-order valence-electron chi connectivity index (χ2n) is 4.57. The molecule has 5 nitrogen and oxygen atoms in total. The fraction of sp³-hybridized carbons (Fsp3) is 0.125. The van der Waals surface area contributed by atoms with Crippen LogP contribution in [0.5, 0.6) is 5.75 Å². The van der Waals surface area contributed by atoms with Crippen LogP contribution in [-0.4, -0.2) is 26.7 Å². The van der Waals surface area contributed by atoms with Crippen molar-refractivity contribution in [3.05, 3.63) is 65.3 Å². The smallest absolute Gasteiger partial charge is 0.255 e. The summed E-state index contributed by atoms with van der Waals surface area (Å²) in [5.74, 6) is -0.559. The summed E-state index contributed by atoms with van der Waals surface area (Å²) in [6.07, 6.45) is 1.44. The van der Waals surface area contributed by atoms with Crippen LogP contribution < -0.4 is 9.46 Å². The van der Waals surface area contributed by atoms with Crippen molar-refractivity contribution in [2.45, 2.75) is 0 Å². The highest BCUT2D eigenvalue weighted by atomic mass is 32.2. The summed E-state index contributed by atoms with van der Waals surface area (Å²) in [5, 5.41) is 9.78. The number of hydrogen-bond donors (Lipinski definition) is 2. The lowest BCUT2D eigenvalue weighted by atomic mass is 10.2. The molecule has 0 atom stereocenters. The van der Waals surface area contributed by atoms with Crippen molar-refractivity contribution in [2.24, 2.45) is 0 Å². The van der Waals surface area contributed by atoms with Crippen LogP contribution in [0.4, 0.5) is 10.1 Å². The number of halogens is 1. The average Bonchev–Trinajstić information content (AvgIpc) is 2.54. The molecule has 0 aromatic heterocycles. The van der Waals surface area contributed by atoms with Crippen molar-refractivity contribution in [3.8, 4) is 5.75 Å². The molecule has 2 aromatic carbocycles. The van der Waals surface area contributed by atoms with Crippen LogP contribution in [0.25, 0.3) is 6.08 Å². The van der Waals surface area contributed by atoms with E-state index in [0.29, 0.717) is 0 Å². The first-order valence-corrected chi connectivity index (χ1v) is 8.34. The summed E-state index contributed by atoms with van der Waals surface area (Å²) in [7, 11) is -3.79. The number of sulfonamides is 1. The van der Waals surface area contributed by atoms with E-state index in [-0.39, 0.29) is 24.7 Å². The fourth-order valence-corrected chi connectivity index (χ4v) is 2.65. The van der Waals surface area contributed by atoms with Gasteiger partial charge in [0.05, 0.1) is 17.7 Å². The minimum Gasteiger partial charge on any atom is -0.489 e. The van der Waals surface area contributed by atoms with E-state index < -0.39 is 15.8 Å². The van der Waals surface area contributed by atoms with Crippen molar-refractivity contribution in [3.63, 3.8) is 0 Å². The SMILES string of the molecule is O=S(=O)(C=Cc1ccccc1)Nc1ccc(F)cc1OCCO. The molecule has 0 saturated carbocycles. The monoisotopic (exact) mass is 337 g/mol. The van der Waals surface area contributed by atoms with Gasteiger partial charge in [0.15, 0.2) is 0 Å². The predicted molar refractivity (Wildman–Crippen MR) is 87.0 cm³/mol. The van der Waals surface area contributed by atoms with Gasteiger partial charge in [0.2, 0.25) is 0 Å². The molecule has 0 saturated heterocycles. The summed E-state index contributed by atoms with van der Waals surface area (Å²) in [6, 6.07) is 12.4. The first kappa shape index (κ1) is 17.0. The summed E-state index contributed by atoms with van der Waals surface area (Å²) >= 11 is 0. The molecule has 0 aliphatic rings. The lowest BCUT2D eigenvalue weighted by Gasteiger charge is -2.11. The van der Waals surface area contributed by atoms with Gasteiger partial charge in [-0.3, -0.25) is 4.72 Å². The third-order valence-electron chi connectivity index (χ3n) is 2.78. The summed E-state index contributed by atoms with van der Waals surface area (Å²) in [4.78, 5) is 0. The van der Waals surface area contributed by atoms with Crippen molar-refractivity contribution >= 4 is 21.8 Å². The van der Waals surface area contributed by atoms with Gasteiger partial charge in [-0.05, 0) is 23.8 Å². The molecular formula is C16H16FNO4S. The fourth-order valence-electron chi connectivity index (χ4n) is 1.78. The Morgan fingerprint density at radius 2 is 1.91 bits per heavy atom. The molecule has 0 fully saturated rings. The molecule has 0 heterocycles. The highest BCUT2D eigenvalue weighted by Gasteiger charge is 2.12. The Balaban J connectivity index is 2.18. The number of nitrogens with one attached hydrogen (secondary N) is 1. The molecular weight excluding hydrogens is 321 g/mol. The molecule has 2 N–H and O–H groups in total.